The molecule has 50 heavy (non-hydrogen) atoms. The summed E-state index contributed by atoms with van der Waals surface area (Å²) in [5.41, 5.74) is 13.8. The van der Waals surface area contributed by atoms with E-state index in [1.54, 1.807) is 5.20 Å². The zero-order chi connectivity index (χ0) is 33.2. The number of rotatable bonds is 5. The maximum absolute atomic E-state index is 6.75. The molecule has 0 N–H and O–H groups in total. The summed E-state index contributed by atoms with van der Waals surface area (Å²) in [6, 6.07) is 48.7. The van der Waals surface area contributed by atoms with E-state index in [-0.39, 0.29) is 0 Å². The lowest BCUT2D eigenvalue weighted by molar-refractivity contribution is 0.668. The predicted molar refractivity (Wildman–Crippen MR) is 214 cm³/mol. The fourth-order valence-corrected chi connectivity index (χ4v) is 11.4. The highest BCUT2D eigenvalue weighted by Gasteiger charge is 2.37. The monoisotopic (exact) mass is 659 g/mol. The van der Waals surface area contributed by atoms with Crippen LogP contribution in [0.5, 0.6) is 0 Å². The molecular formula is C47H37NOSi. The van der Waals surface area contributed by atoms with E-state index < -0.39 is 8.80 Å². The topological polar surface area (TPSA) is 16.4 Å². The van der Waals surface area contributed by atoms with Gasteiger partial charge in [0.25, 0.3) is 0 Å². The van der Waals surface area contributed by atoms with E-state index in [0.29, 0.717) is 0 Å². The Morgan fingerprint density at radius 3 is 2.22 bits per heavy atom. The number of hydrogen-bond acceptors (Lipinski definition) is 2. The molecular weight excluding hydrogens is 623 g/mol. The van der Waals surface area contributed by atoms with Crippen LogP contribution >= 0.6 is 0 Å². The van der Waals surface area contributed by atoms with Crippen LogP contribution in [0.1, 0.15) is 36.8 Å². The minimum absolute atomic E-state index is 0.966. The second-order valence-electron chi connectivity index (χ2n) is 13.9. The summed E-state index contributed by atoms with van der Waals surface area (Å²) in [7, 11) is -1.36. The van der Waals surface area contributed by atoms with Gasteiger partial charge in [0.1, 0.15) is 11.2 Å². The highest BCUT2D eigenvalue weighted by molar-refractivity contribution is 6.83. The van der Waals surface area contributed by atoms with Gasteiger partial charge < -0.3 is 9.32 Å². The molecule has 7 aromatic rings. The molecule has 0 amide bonds. The average Bonchev–Trinajstić information content (AvgIpc) is 3.71. The largest absolute Gasteiger partial charge is 0.455 e. The molecule has 0 saturated heterocycles. The number of hydrogen-bond donors (Lipinski definition) is 0. The summed E-state index contributed by atoms with van der Waals surface area (Å²) in [4.78, 5) is 2.58. The average molecular weight is 660 g/mol. The van der Waals surface area contributed by atoms with Crippen molar-refractivity contribution in [1.29, 1.82) is 0 Å². The summed E-state index contributed by atoms with van der Waals surface area (Å²) < 4.78 is 6.75. The molecule has 1 atom stereocenters. The van der Waals surface area contributed by atoms with Gasteiger partial charge in [-0.1, -0.05) is 133 Å². The standard InChI is InChI=1S/C47H37NOSi/c1-50-43-17-9-15-41(45(43)46-44(50)29-28-40-39-14-7-8-16-42(39)49-47(40)46)48(37-24-20-33(21-25-37)31-10-3-2-4-11-31)38-26-22-34(23-27-38)36-19-18-32-12-5-6-13-35(32)30-36/h2-8,10-16,18-22,24-26,28-30,50H,9,17,23,27H2,1H3. The zero-order valence-electron chi connectivity index (χ0n) is 28.2. The van der Waals surface area contributed by atoms with E-state index >= 15 is 0 Å². The van der Waals surface area contributed by atoms with Crippen LogP contribution in [0.4, 0.5) is 5.69 Å². The molecule has 0 bridgehead atoms. The molecule has 1 aliphatic heterocycles. The van der Waals surface area contributed by atoms with Gasteiger partial charge in [0.15, 0.2) is 0 Å². The molecule has 1 unspecified atom stereocenters. The molecule has 0 spiro atoms. The normalized spacial score (nSPS) is 17.1. The molecule has 0 fully saturated rings. The van der Waals surface area contributed by atoms with Crippen LogP contribution in [-0.2, 0) is 0 Å². The van der Waals surface area contributed by atoms with Gasteiger partial charge in [0.2, 0.25) is 0 Å². The van der Waals surface area contributed by atoms with Gasteiger partial charge in [-0.3, -0.25) is 0 Å². The molecule has 3 aliphatic rings. The summed E-state index contributed by atoms with van der Waals surface area (Å²) in [5, 5.41) is 8.19. The first-order valence-corrected chi connectivity index (χ1v) is 20.2. The van der Waals surface area contributed by atoms with Gasteiger partial charge in [-0.05, 0) is 94.2 Å². The Morgan fingerprint density at radius 2 is 1.38 bits per heavy atom. The predicted octanol–water partition coefficient (Wildman–Crippen LogP) is 11.7. The first kappa shape index (κ1) is 29.3. The van der Waals surface area contributed by atoms with Crippen LogP contribution in [0.2, 0.25) is 6.55 Å². The second-order valence-corrected chi connectivity index (χ2v) is 16.7. The van der Waals surface area contributed by atoms with Crippen LogP contribution in [0.3, 0.4) is 0 Å². The SMILES string of the molecule is C[SiH]1C2=C(C(N(C3=CC=C(c4ccc5ccccc5c4)CC3)c3ccc(-c4ccccc4)cc3)=CCC2)c2c1ccc1c2oc2ccccc21. The van der Waals surface area contributed by atoms with Crippen LogP contribution in [0.25, 0.3) is 55.0 Å². The summed E-state index contributed by atoms with van der Waals surface area (Å²) >= 11 is 0. The van der Waals surface area contributed by atoms with Crippen molar-refractivity contribution in [2.75, 3.05) is 4.90 Å². The van der Waals surface area contributed by atoms with Crippen LogP contribution in [0, 0.1) is 0 Å². The number of para-hydroxylation sites is 1. The number of fused-ring (bicyclic) bond motifs is 7. The van der Waals surface area contributed by atoms with Crippen LogP contribution < -0.4 is 10.1 Å². The fraction of sp³-hybridized carbons (Fsp3) is 0.106. The number of nitrogens with zero attached hydrogens (tertiary/aromatic N) is 1. The molecule has 2 aliphatic carbocycles. The molecule has 3 heteroatoms. The van der Waals surface area contributed by atoms with Crippen LogP contribution in [-0.4, -0.2) is 8.80 Å². The second kappa shape index (κ2) is 11.8. The Bertz CT molecular complexity index is 2600. The maximum atomic E-state index is 6.75. The van der Waals surface area contributed by atoms with Gasteiger partial charge in [-0.25, -0.2) is 0 Å². The molecule has 0 radical (unpaired) electrons. The van der Waals surface area contributed by atoms with Gasteiger partial charge >= 0.3 is 0 Å². The maximum Gasteiger partial charge on any atom is 0.143 e. The zero-order valence-corrected chi connectivity index (χ0v) is 29.3. The van der Waals surface area contributed by atoms with Gasteiger partial charge in [0.05, 0.1) is 8.80 Å². The summed E-state index contributed by atoms with van der Waals surface area (Å²) in [6.45, 7) is 2.52. The fourth-order valence-electron chi connectivity index (χ4n) is 8.63. The Morgan fingerprint density at radius 1 is 0.620 bits per heavy atom. The number of allylic oxidation sites excluding steroid dienone is 7. The third-order valence-corrected chi connectivity index (χ3v) is 14.2. The summed E-state index contributed by atoms with van der Waals surface area (Å²) in [5.74, 6) is 0. The lowest BCUT2D eigenvalue weighted by atomic mass is 9.90. The van der Waals surface area contributed by atoms with Crippen molar-refractivity contribution in [1.82, 2.24) is 0 Å². The molecule has 2 nitrogen and oxygen atoms in total. The summed E-state index contributed by atoms with van der Waals surface area (Å²) in [6.07, 6.45) is 11.4. The lowest BCUT2D eigenvalue weighted by Crippen LogP contribution is -2.26. The highest BCUT2D eigenvalue weighted by Crippen LogP contribution is 2.47. The molecule has 0 saturated carbocycles. The van der Waals surface area contributed by atoms with Crippen molar-refractivity contribution >= 4 is 63.5 Å². The first-order chi connectivity index (χ1) is 24.7. The number of furan rings is 1. The van der Waals surface area contributed by atoms with Crippen molar-refractivity contribution in [3.8, 4) is 11.1 Å². The molecule has 2 heterocycles. The minimum atomic E-state index is -1.36. The Kier molecular flexibility index (Phi) is 6.88. The minimum Gasteiger partial charge on any atom is -0.455 e. The Labute approximate surface area is 294 Å². The Hall–Kier alpha value is -5.64. The third kappa shape index (κ3) is 4.68. The lowest BCUT2D eigenvalue weighted by Gasteiger charge is -2.35. The van der Waals surface area contributed by atoms with E-state index in [0.717, 1.165) is 36.8 Å². The number of anilines is 1. The van der Waals surface area contributed by atoms with E-state index in [2.05, 4.69) is 163 Å². The van der Waals surface area contributed by atoms with E-state index in [1.165, 1.54) is 77.2 Å². The van der Waals surface area contributed by atoms with Crippen molar-refractivity contribution < 1.29 is 4.42 Å². The Balaban J connectivity index is 1.12. The van der Waals surface area contributed by atoms with Crippen molar-refractivity contribution in [3.63, 3.8) is 0 Å². The van der Waals surface area contributed by atoms with Crippen LogP contribution in [0.15, 0.2) is 173 Å². The van der Waals surface area contributed by atoms with E-state index in [1.807, 2.05) is 0 Å². The van der Waals surface area contributed by atoms with E-state index in [4.69, 9.17) is 4.42 Å². The van der Waals surface area contributed by atoms with Crippen molar-refractivity contribution in [2.45, 2.75) is 32.2 Å². The quantitative estimate of drug-likeness (QED) is 0.171. The first-order valence-electron chi connectivity index (χ1n) is 17.9. The third-order valence-electron chi connectivity index (χ3n) is 11.2. The molecule has 6 aromatic carbocycles. The smallest absolute Gasteiger partial charge is 0.143 e. The van der Waals surface area contributed by atoms with Crippen molar-refractivity contribution in [3.05, 3.63) is 179 Å². The van der Waals surface area contributed by atoms with Crippen molar-refractivity contribution in [2.24, 2.45) is 0 Å². The molecule has 10 rings (SSSR count). The number of benzene rings is 6. The van der Waals surface area contributed by atoms with Gasteiger partial charge in [0, 0.05) is 39.0 Å². The molecule has 240 valence electrons. The van der Waals surface area contributed by atoms with Gasteiger partial charge in [-0.15, -0.1) is 0 Å². The van der Waals surface area contributed by atoms with Gasteiger partial charge in [-0.2, -0.15) is 0 Å². The highest BCUT2D eigenvalue weighted by atomic mass is 28.3. The van der Waals surface area contributed by atoms with E-state index in [9.17, 15) is 0 Å². The molecule has 1 aromatic heterocycles.